The van der Waals surface area contributed by atoms with Gasteiger partial charge in [-0.15, -0.1) is 0 Å². The van der Waals surface area contributed by atoms with Gasteiger partial charge in [-0.1, -0.05) is 32.0 Å². The standard InChI is InChI=1S/C19H21NO4/c1-13(2)16-6-4-5-7-17(16)20-19(22)12-24-18-9-8-15(23-3)10-14(18)11-21/h4-11,13H,12H2,1-3H3,(H,20,22). The third-order valence-corrected chi connectivity index (χ3v) is 3.56. The summed E-state index contributed by atoms with van der Waals surface area (Å²) in [4.78, 5) is 23.2. The SMILES string of the molecule is COc1ccc(OCC(=O)Nc2ccccc2C(C)C)c(C=O)c1. The van der Waals surface area contributed by atoms with E-state index in [9.17, 15) is 9.59 Å². The van der Waals surface area contributed by atoms with Gasteiger partial charge in [0, 0.05) is 5.69 Å². The maximum absolute atomic E-state index is 12.1. The van der Waals surface area contributed by atoms with E-state index in [1.54, 1.807) is 18.2 Å². The van der Waals surface area contributed by atoms with Gasteiger partial charge in [-0.2, -0.15) is 0 Å². The third-order valence-electron chi connectivity index (χ3n) is 3.56. The molecule has 0 aromatic heterocycles. The van der Waals surface area contributed by atoms with E-state index in [2.05, 4.69) is 19.2 Å². The van der Waals surface area contributed by atoms with Crippen molar-refractivity contribution in [1.29, 1.82) is 0 Å². The van der Waals surface area contributed by atoms with Gasteiger partial charge in [0.05, 0.1) is 12.7 Å². The zero-order valence-corrected chi connectivity index (χ0v) is 14.0. The van der Waals surface area contributed by atoms with Gasteiger partial charge >= 0.3 is 0 Å². The lowest BCUT2D eigenvalue weighted by atomic mass is 10.0. The molecule has 0 bridgehead atoms. The fourth-order valence-electron chi connectivity index (χ4n) is 2.32. The highest BCUT2D eigenvalue weighted by Gasteiger charge is 2.11. The lowest BCUT2D eigenvalue weighted by molar-refractivity contribution is -0.118. The second-order valence-electron chi connectivity index (χ2n) is 5.60. The van der Waals surface area contributed by atoms with Gasteiger partial charge in [-0.3, -0.25) is 9.59 Å². The van der Waals surface area contributed by atoms with Gasteiger partial charge in [0.1, 0.15) is 11.5 Å². The average molecular weight is 327 g/mol. The van der Waals surface area contributed by atoms with Crippen LogP contribution in [0.4, 0.5) is 5.69 Å². The first-order chi connectivity index (χ1) is 11.5. The van der Waals surface area contributed by atoms with Gasteiger partial charge in [0.25, 0.3) is 5.91 Å². The highest BCUT2D eigenvalue weighted by atomic mass is 16.5. The van der Waals surface area contributed by atoms with Gasteiger partial charge in [-0.05, 0) is 35.7 Å². The Bertz CT molecular complexity index is 725. The number of carbonyl (C=O) groups excluding carboxylic acids is 2. The summed E-state index contributed by atoms with van der Waals surface area (Å²) in [5, 5.41) is 2.85. The van der Waals surface area contributed by atoms with E-state index >= 15 is 0 Å². The first kappa shape index (κ1) is 17.5. The maximum Gasteiger partial charge on any atom is 0.262 e. The zero-order valence-electron chi connectivity index (χ0n) is 14.0. The predicted molar refractivity (Wildman–Crippen MR) is 93.0 cm³/mol. The van der Waals surface area contributed by atoms with Crippen molar-refractivity contribution >= 4 is 17.9 Å². The summed E-state index contributed by atoms with van der Waals surface area (Å²) < 4.78 is 10.5. The number of benzene rings is 2. The molecular formula is C19H21NO4. The van der Waals surface area contributed by atoms with E-state index in [1.807, 2.05) is 24.3 Å². The molecule has 1 N–H and O–H groups in total. The zero-order chi connectivity index (χ0) is 17.5. The Hall–Kier alpha value is -2.82. The number of rotatable bonds is 7. The van der Waals surface area contributed by atoms with Crippen LogP contribution in [0.5, 0.6) is 11.5 Å². The van der Waals surface area contributed by atoms with Crippen LogP contribution in [0.25, 0.3) is 0 Å². The van der Waals surface area contributed by atoms with Crippen LogP contribution in [0.2, 0.25) is 0 Å². The number of aldehydes is 1. The molecule has 2 rings (SSSR count). The van der Waals surface area contributed by atoms with Gasteiger partial charge in [0.2, 0.25) is 0 Å². The molecule has 0 saturated heterocycles. The van der Waals surface area contributed by atoms with Crippen LogP contribution >= 0.6 is 0 Å². The van der Waals surface area contributed by atoms with Crippen molar-refractivity contribution in [3.05, 3.63) is 53.6 Å². The molecule has 0 radical (unpaired) electrons. The minimum absolute atomic E-state index is 0.181. The molecule has 0 fully saturated rings. The molecule has 0 spiro atoms. The van der Waals surface area contributed by atoms with Crippen molar-refractivity contribution in [3.8, 4) is 11.5 Å². The molecule has 126 valence electrons. The fraction of sp³-hybridized carbons (Fsp3) is 0.263. The minimum Gasteiger partial charge on any atom is -0.497 e. The Balaban J connectivity index is 2.03. The maximum atomic E-state index is 12.1. The fourth-order valence-corrected chi connectivity index (χ4v) is 2.32. The van der Waals surface area contributed by atoms with Crippen LogP contribution in [-0.4, -0.2) is 25.9 Å². The summed E-state index contributed by atoms with van der Waals surface area (Å²) in [5.41, 5.74) is 2.17. The van der Waals surface area contributed by atoms with E-state index in [0.717, 1.165) is 11.3 Å². The number of hydrogen-bond donors (Lipinski definition) is 1. The topological polar surface area (TPSA) is 64.6 Å². The Morgan fingerprint density at radius 1 is 1.21 bits per heavy atom. The molecule has 5 heteroatoms. The van der Waals surface area contributed by atoms with Crippen LogP contribution in [-0.2, 0) is 4.79 Å². The van der Waals surface area contributed by atoms with Gasteiger partial charge < -0.3 is 14.8 Å². The molecule has 2 aromatic rings. The Kier molecular flexibility index (Phi) is 5.95. The second kappa shape index (κ2) is 8.15. The average Bonchev–Trinajstić information content (AvgIpc) is 2.60. The summed E-state index contributed by atoms with van der Waals surface area (Å²) in [6, 6.07) is 12.5. The van der Waals surface area contributed by atoms with Crippen molar-refractivity contribution in [1.82, 2.24) is 0 Å². The summed E-state index contributed by atoms with van der Waals surface area (Å²) in [5.74, 6) is 0.916. The Morgan fingerprint density at radius 3 is 2.62 bits per heavy atom. The molecule has 0 saturated carbocycles. The molecule has 0 aliphatic heterocycles. The predicted octanol–water partition coefficient (Wildman–Crippen LogP) is 3.65. The van der Waals surface area contributed by atoms with E-state index in [-0.39, 0.29) is 12.5 Å². The number of para-hydroxylation sites is 1. The van der Waals surface area contributed by atoms with E-state index in [1.165, 1.54) is 7.11 Å². The molecule has 0 unspecified atom stereocenters. The van der Waals surface area contributed by atoms with Crippen molar-refractivity contribution < 1.29 is 19.1 Å². The van der Waals surface area contributed by atoms with Crippen LogP contribution in [0.1, 0.15) is 35.7 Å². The summed E-state index contributed by atoms with van der Waals surface area (Å²) in [6.07, 6.45) is 0.670. The first-order valence-corrected chi connectivity index (χ1v) is 7.70. The normalized spacial score (nSPS) is 10.3. The lowest BCUT2D eigenvalue weighted by Crippen LogP contribution is -2.21. The largest absolute Gasteiger partial charge is 0.497 e. The number of nitrogens with one attached hydrogen (secondary N) is 1. The number of hydrogen-bond acceptors (Lipinski definition) is 4. The minimum atomic E-state index is -0.282. The molecule has 24 heavy (non-hydrogen) atoms. The molecule has 1 amide bonds. The Labute approximate surface area is 141 Å². The van der Waals surface area contributed by atoms with Crippen LogP contribution in [0.15, 0.2) is 42.5 Å². The van der Waals surface area contributed by atoms with Crippen LogP contribution in [0, 0.1) is 0 Å². The van der Waals surface area contributed by atoms with Crippen LogP contribution in [0.3, 0.4) is 0 Å². The quantitative estimate of drug-likeness (QED) is 0.788. The van der Waals surface area contributed by atoms with Crippen molar-refractivity contribution in [3.63, 3.8) is 0 Å². The van der Waals surface area contributed by atoms with E-state index in [0.29, 0.717) is 29.3 Å². The highest BCUT2D eigenvalue weighted by molar-refractivity contribution is 5.93. The lowest BCUT2D eigenvalue weighted by Gasteiger charge is -2.14. The number of ether oxygens (including phenoxy) is 2. The number of methoxy groups -OCH3 is 1. The molecule has 5 nitrogen and oxygen atoms in total. The van der Waals surface area contributed by atoms with Crippen LogP contribution < -0.4 is 14.8 Å². The number of carbonyl (C=O) groups is 2. The monoisotopic (exact) mass is 327 g/mol. The number of anilines is 1. The van der Waals surface area contributed by atoms with Crippen molar-refractivity contribution in [2.24, 2.45) is 0 Å². The summed E-state index contributed by atoms with van der Waals surface area (Å²) in [7, 11) is 1.52. The first-order valence-electron chi connectivity index (χ1n) is 7.70. The second-order valence-corrected chi connectivity index (χ2v) is 5.60. The Morgan fingerprint density at radius 2 is 1.96 bits per heavy atom. The molecule has 2 aromatic carbocycles. The van der Waals surface area contributed by atoms with Gasteiger partial charge in [0.15, 0.2) is 12.9 Å². The highest BCUT2D eigenvalue weighted by Crippen LogP contribution is 2.24. The smallest absolute Gasteiger partial charge is 0.262 e. The van der Waals surface area contributed by atoms with Gasteiger partial charge in [-0.25, -0.2) is 0 Å². The summed E-state index contributed by atoms with van der Waals surface area (Å²) >= 11 is 0. The third kappa shape index (κ3) is 4.35. The summed E-state index contributed by atoms with van der Waals surface area (Å²) in [6.45, 7) is 3.95. The number of amides is 1. The van der Waals surface area contributed by atoms with E-state index < -0.39 is 0 Å². The molecule has 0 atom stereocenters. The van der Waals surface area contributed by atoms with Crippen molar-refractivity contribution in [2.45, 2.75) is 19.8 Å². The molecule has 0 aliphatic carbocycles. The van der Waals surface area contributed by atoms with Crippen molar-refractivity contribution in [2.75, 3.05) is 19.0 Å². The molecule has 0 aliphatic rings. The van der Waals surface area contributed by atoms with E-state index in [4.69, 9.17) is 9.47 Å². The molecule has 0 heterocycles. The molecular weight excluding hydrogens is 306 g/mol.